The Bertz CT molecular complexity index is 646. The van der Waals surface area contributed by atoms with E-state index in [1.165, 1.54) is 5.56 Å². The Morgan fingerprint density at radius 1 is 1.29 bits per heavy atom. The van der Waals surface area contributed by atoms with Crippen molar-refractivity contribution in [2.45, 2.75) is 33.7 Å². The summed E-state index contributed by atoms with van der Waals surface area (Å²) in [6, 6.07) is 7.74. The Hall–Kier alpha value is -2.30. The second-order valence-corrected chi connectivity index (χ2v) is 5.11. The average molecular weight is 286 g/mol. The number of nitrogens with zero attached hydrogens (tertiary/aromatic N) is 2. The third kappa shape index (κ3) is 3.62. The molecule has 1 heterocycles. The maximum absolute atomic E-state index is 11.4. The summed E-state index contributed by atoms with van der Waals surface area (Å²) in [7, 11) is 1.95. The van der Waals surface area contributed by atoms with Crippen LogP contribution < -0.4 is 10.6 Å². The number of nitrogens with one attached hydrogen (secondary N) is 2. The van der Waals surface area contributed by atoms with Gasteiger partial charge in [0.2, 0.25) is 5.91 Å². The quantitative estimate of drug-likeness (QED) is 0.888. The fourth-order valence-electron chi connectivity index (χ4n) is 2.22. The fourth-order valence-corrected chi connectivity index (χ4v) is 2.22. The van der Waals surface area contributed by atoms with E-state index in [2.05, 4.69) is 22.7 Å². The Morgan fingerprint density at radius 3 is 2.62 bits per heavy atom. The van der Waals surface area contributed by atoms with Crippen molar-refractivity contribution in [3.05, 3.63) is 41.2 Å². The second kappa shape index (κ2) is 6.43. The van der Waals surface area contributed by atoms with Crippen LogP contribution in [0, 0.1) is 13.8 Å². The maximum Gasteiger partial charge on any atom is 0.224 e. The van der Waals surface area contributed by atoms with Gasteiger partial charge < -0.3 is 10.6 Å². The van der Waals surface area contributed by atoms with Gasteiger partial charge in [0.15, 0.2) is 0 Å². The third-order valence-corrected chi connectivity index (χ3v) is 3.60. The molecule has 2 aromatic rings. The van der Waals surface area contributed by atoms with Crippen molar-refractivity contribution in [1.82, 2.24) is 9.78 Å². The Balaban J connectivity index is 2.06. The molecular weight excluding hydrogens is 264 g/mol. The summed E-state index contributed by atoms with van der Waals surface area (Å²) in [6.45, 7) is 6.64. The molecule has 5 nitrogen and oxygen atoms in total. The van der Waals surface area contributed by atoms with E-state index in [1.54, 1.807) is 0 Å². The monoisotopic (exact) mass is 286 g/mol. The summed E-state index contributed by atoms with van der Waals surface area (Å²) < 4.78 is 1.89. The molecule has 2 rings (SSSR count). The number of aromatic nitrogens is 2. The van der Waals surface area contributed by atoms with E-state index in [9.17, 15) is 4.79 Å². The SMILES string of the molecule is CCC(=O)Nc1cccc(NCc2c(C)nn(C)c2C)c1. The first-order chi connectivity index (χ1) is 10.0. The first kappa shape index (κ1) is 15.1. The Labute approximate surface area is 125 Å². The summed E-state index contributed by atoms with van der Waals surface area (Å²) in [5.74, 6) is 0.0195. The molecule has 112 valence electrons. The molecule has 0 bridgehead atoms. The maximum atomic E-state index is 11.4. The van der Waals surface area contributed by atoms with E-state index in [4.69, 9.17) is 0 Å². The number of anilines is 2. The molecule has 0 radical (unpaired) electrons. The van der Waals surface area contributed by atoms with Crippen LogP contribution in [0.2, 0.25) is 0 Å². The number of hydrogen-bond donors (Lipinski definition) is 2. The number of carbonyl (C=O) groups is 1. The summed E-state index contributed by atoms with van der Waals surface area (Å²) in [6.07, 6.45) is 0.478. The zero-order valence-electron chi connectivity index (χ0n) is 13.0. The minimum atomic E-state index is 0.0195. The molecule has 2 N–H and O–H groups in total. The van der Waals surface area contributed by atoms with Gasteiger partial charge in [0, 0.05) is 42.6 Å². The van der Waals surface area contributed by atoms with E-state index in [0.29, 0.717) is 6.42 Å². The number of aryl methyl sites for hydroxylation is 2. The van der Waals surface area contributed by atoms with E-state index in [1.807, 2.05) is 49.8 Å². The molecule has 1 amide bonds. The summed E-state index contributed by atoms with van der Waals surface area (Å²) in [5, 5.41) is 10.7. The molecule has 1 aromatic heterocycles. The van der Waals surface area contributed by atoms with Crippen LogP contribution in [0.5, 0.6) is 0 Å². The molecule has 0 spiro atoms. The summed E-state index contributed by atoms with van der Waals surface area (Å²) in [5.41, 5.74) is 5.20. The van der Waals surface area contributed by atoms with Crippen molar-refractivity contribution in [1.29, 1.82) is 0 Å². The van der Waals surface area contributed by atoms with Crippen molar-refractivity contribution in [3.63, 3.8) is 0 Å². The molecule has 0 unspecified atom stereocenters. The lowest BCUT2D eigenvalue weighted by molar-refractivity contribution is -0.115. The van der Waals surface area contributed by atoms with Crippen LogP contribution in [-0.4, -0.2) is 15.7 Å². The van der Waals surface area contributed by atoms with Crippen LogP contribution in [0.4, 0.5) is 11.4 Å². The highest BCUT2D eigenvalue weighted by molar-refractivity contribution is 5.90. The molecule has 0 aliphatic heterocycles. The molecular formula is C16H22N4O. The Morgan fingerprint density at radius 2 is 2.00 bits per heavy atom. The first-order valence-electron chi connectivity index (χ1n) is 7.14. The van der Waals surface area contributed by atoms with E-state index in [-0.39, 0.29) is 5.91 Å². The van der Waals surface area contributed by atoms with E-state index >= 15 is 0 Å². The standard InChI is InChI=1S/C16H22N4O/c1-5-16(21)18-14-8-6-7-13(9-14)17-10-15-11(2)19-20(4)12(15)3/h6-9,17H,5,10H2,1-4H3,(H,18,21). The number of carbonyl (C=O) groups excluding carboxylic acids is 1. The van der Waals surface area contributed by atoms with Gasteiger partial charge in [-0.05, 0) is 32.0 Å². The topological polar surface area (TPSA) is 59.0 Å². The van der Waals surface area contributed by atoms with Gasteiger partial charge in [0.05, 0.1) is 5.69 Å². The van der Waals surface area contributed by atoms with Crippen LogP contribution in [0.25, 0.3) is 0 Å². The highest BCUT2D eigenvalue weighted by Crippen LogP contribution is 2.18. The summed E-state index contributed by atoms with van der Waals surface area (Å²) >= 11 is 0. The first-order valence-corrected chi connectivity index (χ1v) is 7.14. The van der Waals surface area contributed by atoms with Crippen molar-refractivity contribution in [3.8, 4) is 0 Å². The third-order valence-electron chi connectivity index (χ3n) is 3.60. The molecule has 0 aliphatic rings. The van der Waals surface area contributed by atoms with Gasteiger partial charge in [-0.15, -0.1) is 0 Å². The molecule has 0 fully saturated rings. The van der Waals surface area contributed by atoms with Gasteiger partial charge in [-0.3, -0.25) is 9.48 Å². The lowest BCUT2D eigenvalue weighted by atomic mass is 10.2. The van der Waals surface area contributed by atoms with Crippen molar-refractivity contribution >= 4 is 17.3 Å². The second-order valence-electron chi connectivity index (χ2n) is 5.11. The molecule has 1 aromatic carbocycles. The van der Waals surface area contributed by atoms with E-state index < -0.39 is 0 Å². The van der Waals surface area contributed by atoms with Crippen molar-refractivity contribution < 1.29 is 4.79 Å². The number of amides is 1. The van der Waals surface area contributed by atoms with Crippen LogP contribution in [0.1, 0.15) is 30.3 Å². The molecule has 0 saturated heterocycles. The summed E-state index contributed by atoms with van der Waals surface area (Å²) in [4.78, 5) is 11.4. The predicted octanol–water partition coefficient (Wildman–Crippen LogP) is 3.00. The lowest BCUT2D eigenvalue weighted by Gasteiger charge is -2.09. The molecule has 0 aliphatic carbocycles. The Kier molecular flexibility index (Phi) is 4.62. The van der Waals surface area contributed by atoms with E-state index in [0.717, 1.165) is 29.3 Å². The smallest absolute Gasteiger partial charge is 0.224 e. The van der Waals surface area contributed by atoms with Crippen LogP contribution in [0.3, 0.4) is 0 Å². The van der Waals surface area contributed by atoms with Crippen molar-refractivity contribution in [2.24, 2.45) is 7.05 Å². The van der Waals surface area contributed by atoms with Gasteiger partial charge in [-0.1, -0.05) is 13.0 Å². The fraction of sp³-hybridized carbons (Fsp3) is 0.375. The number of hydrogen-bond acceptors (Lipinski definition) is 3. The van der Waals surface area contributed by atoms with Gasteiger partial charge in [0.25, 0.3) is 0 Å². The molecule has 0 atom stereocenters. The van der Waals surface area contributed by atoms with Crippen molar-refractivity contribution in [2.75, 3.05) is 10.6 Å². The minimum Gasteiger partial charge on any atom is -0.381 e. The normalized spacial score (nSPS) is 10.5. The number of rotatable bonds is 5. The van der Waals surface area contributed by atoms with Gasteiger partial charge >= 0.3 is 0 Å². The minimum absolute atomic E-state index is 0.0195. The highest BCUT2D eigenvalue weighted by Gasteiger charge is 2.09. The van der Waals surface area contributed by atoms with Gasteiger partial charge in [-0.2, -0.15) is 5.10 Å². The zero-order chi connectivity index (χ0) is 15.4. The van der Waals surface area contributed by atoms with Crippen LogP contribution in [0.15, 0.2) is 24.3 Å². The van der Waals surface area contributed by atoms with Gasteiger partial charge in [0.1, 0.15) is 0 Å². The van der Waals surface area contributed by atoms with Gasteiger partial charge in [-0.25, -0.2) is 0 Å². The molecule has 0 saturated carbocycles. The van der Waals surface area contributed by atoms with Crippen LogP contribution in [-0.2, 0) is 18.4 Å². The van der Waals surface area contributed by atoms with Crippen LogP contribution >= 0.6 is 0 Å². The number of benzene rings is 1. The largest absolute Gasteiger partial charge is 0.381 e. The lowest BCUT2D eigenvalue weighted by Crippen LogP contribution is -2.09. The predicted molar refractivity (Wildman–Crippen MR) is 85.4 cm³/mol. The average Bonchev–Trinajstić information content (AvgIpc) is 2.70. The molecule has 5 heteroatoms. The zero-order valence-corrected chi connectivity index (χ0v) is 13.0. The molecule has 21 heavy (non-hydrogen) atoms. The highest BCUT2D eigenvalue weighted by atomic mass is 16.1.